The van der Waals surface area contributed by atoms with E-state index in [0.29, 0.717) is 39.5 Å². The average molecular weight is 480 g/mol. The molecule has 8 heteroatoms. The van der Waals surface area contributed by atoms with Crippen molar-refractivity contribution in [3.63, 3.8) is 0 Å². The molecule has 1 aromatic heterocycles. The molecular formula is C18H33IN4O3. The predicted molar refractivity (Wildman–Crippen MR) is 116 cm³/mol. The Balaban J connectivity index is 0.00000625. The molecule has 0 spiro atoms. The number of pyridine rings is 1. The fraction of sp³-hybridized carbons (Fsp3) is 0.667. The largest absolute Gasteiger partial charge is 0.490 e. The standard InChI is InChI=1S/C18H32N4O3.HI/c1-3-5-11-23-14-15-24-12-9-21-18(20-4-2)22-10-13-25-17-7-6-8-19-16-17;/h6-8,16H,3-5,9-15H2,1-2H3,(H2,20,21,22);1H. The van der Waals surface area contributed by atoms with E-state index < -0.39 is 0 Å². The Kier molecular flexibility index (Phi) is 17.8. The topological polar surface area (TPSA) is 77.0 Å². The highest BCUT2D eigenvalue weighted by Gasteiger charge is 1.98. The minimum atomic E-state index is 0. The predicted octanol–water partition coefficient (Wildman–Crippen LogP) is 2.47. The van der Waals surface area contributed by atoms with Crippen LogP contribution in [-0.4, -0.2) is 63.6 Å². The van der Waals surface area contributed by atoms with Gasteiger partial charge in [-0.1, -0.05) is 13.3 Å². The number of nitrogens with one attached hydrogen (secondary N) is 2. The zero-order chi connectivity index (χ0) is 18.0. The highest BCUT2D eigenvalue weighted by molar-refractivity contribution is 14.0. The summed E-state index contributed by atoms with van der Waals surface area (Å²) >= 11 is 0. The summed E-state index contributed by atoms with van der Waals surface area (Å²) in [5.74, 6) is 1.53. The molecule has 0 aliphatic heterocycles. The molecule has 1 aromatic rings. The van der Waals surface area contributed by atoms with Crippen molar-refractivity contribution in [1.29, 1.82) is 0 Å². The lowest BCUT2D eigenvalue weighted by molar-refractivity contribution is 0.0497. The van der Waals surface area contributed by atoms with E-state index in [4.69, 9.17) is 14.2 Å². The third kappa shape index (κ3) is 14.1. The van der Waals surface area contributed by atoms with Gasteiger partial charge in [0.15, 0.2) is 5.96 Å². The minimum Gasteiger partial charge on any atom is -0.490 e. The van der Waals surface area contributed by atoms with Crippen molar-refractivity contribution in [2.24, 2.45) is 4.99 Å². The van der Waals surface area contributed by atoms with Gasteiger partial charge in [-0.2, -0.15) is 0 Å². The van der Waals surface area contributed by atoms with Gasteiger partial charge in [0.05, 0.1) is 39.1 Å². The van der Waals surface area contributed by atoms with Gasteiger partial charge >= 0.3 is 0 Å². The number of guanidine groups is 1. The van der Waals surface area contributed by atoms with Crippen molar-refractivity contribution in [3.8, 4) is 5.75 Å². The van der Waals surface area contributed by atoms with Crippen molar-refractivity contribution >= 4 is 29.9 Å². The maximum absolute atomic E-state index is 5.59. The number of aromatic nitrogens is 1. The van der Waals surface area contributed by atoms with Crippen LogP contribution in [0.15, 0.2) is 29.5 Å². The second-order valence-corrected chi connectivity index (χ2v) is 5.30. The van der Waals surface area contributed by atoms with Crippen LogP contribution in [0.5, 0.6) is 5.75 Å². The average Bonchev–Trinajstić information content (AvgIpc) is 2.64. The van der Waals surface area contributed by atoms with Gasteiger partial charge in [0, 0.05) is 19.3 Å². The number of halogens is 1. The van der Waals surface area contributed by atoms with E-state index in [-0.39, 0.29) is 24.0 Å². The zero-order valence-electron chi connectivity index (χ0n) is 15.9. The van der Waals surface area contributed by atoms with Crippen LogP contribution in [0.4, 0.5) is 0 Å². The van der Waals surface area contributed by atoms with Crippen LogP contribution in [-0.2, 0) is 9.47 Å². The molecule has 2 N–H and O–H groups in total. The zero-order valence-corrected chi connectivity index (χ0v) is 18.2. The summed E-state index contributed by atoms with van der Waals surface area (Å²) in [6.45, 7) is 9.46. The lowest BCUT2D eigenvalue weighted by atomic mass is 10.4. The highest BCUT2D eigenvalue weighted by atomic mass is 127. The monoisotopic (exact) mass is 480 g/mol. The Labute approximate surface area is 174 Å². The number of hydrogen-bond acceptors (Lipinski definition) is 5. The molecule has 0 aromatic carbocycles. The number of unbranched alkanes of at least 4 members (excludes halogenated alkanes) is 1. The summed E-state index contributed by atoms with van der Waals surface area (Å²) < 4.78 is 16.5. The molecule has 0 amide bonds. The van der Waals surface area contributed by atoms with Gasteiger partial charge in [-0.15, -0.1) is 24.0 Å². The van der Waals surface area contributed by atoms with E-state index in [1.54, 1.807) is 12.4 Å². The number of hydrogen-bond donors (Lipinski definition) is 2. The Bertz CT molecular complexity index is 449. The third-order valence-electron chi connectivity index (χ3n) is 3.16. The summed E-state index contributed by atoms with van der Waals surface area (Å²) in [6, 6.07) is 3.73. The summed E-state index contributed by atoms with van der Waals surface area (Å²) in [7, 11) is 0. The molecule has 0 saturated carbocycles. The molecule has 0 saturated heterocycles. The summed E-state index contributed by atoms with van der Waals surface area (Å²) in [6.07, 6.45) is 5.68. The van der Waals surface area contributed by atoms with Gasteiger partial charge in [0.2, 0.25) is 0 Å². The fourth-order valence-corrected chi connectivity index (χ4v) is 1.90. The van der Waals surface area contributed by atoms with Crippen LogP contribution < -0.4 is 15.4 Å². The second kappa shape index (κ2) is 18.7. The number of rotatable bonds is 14. The first kappa shape index (κ1) is 24.9. The lowest BCUT2D eigenvalue weighted by Gasteiger charge is -2.12. The summed E-state index contributed by atoms with van der Waals surface area (Å²) in [5, 5.41) is 6.43. The van der Waals surface area contributed by atoms with Crippen LogP contribution in [0, 0.1) is 0 Å². The van der Waals surface area contributed by atoms with Crippen molar-refractivity contribution in [2.75, 3.05) is 52.7 Å². The molecule has 0 bridgehead atoms. The lowest BCUT2D eigenvalue weighted by Crippen LogP contribution is -2.39. The molecule has 0 aliphatic rings. The first-order valence-electron chi connectivity index (χ1n) is 9.07. The Morgan fingerprint density at radius 3 is 2.58 bits per heavy atom. The SMILES string of the molecule is CCCCOCCOCCN=C(NCC)NCCOc1cccnc1.I. The van der Waals surface area contributed by atoms with Gasteiger partial charge in [-0.3, -0.25) is 9.98 Å². The molecule has 150 valence electrons. The minimum absolute atomic E-state index is 0. The summed E-state index contributed by atoms with van der Waals surface area (Å²) in [4.78, 5) is 8.48. The summed E-state index contributed by atoms with van der Waals surface area (Å²) in [5.41, 5.74) is 0. The van der Waals surface area contributed by atoms with Crippen LogP contribution in [0.25, 0.3) is 0 Å². The van der Waals surface area contributed by atoms with Crippen LogP contribution >= 0.6 is 24.0 Å². The fourth-order valence-electron chi connectivity index (χ4n) is 1.90. The van der Waals surface area contributed by atoms with Crippen molar-refractivity contribution in [3.05, 3.63) is 24.5 Å². The van der Waals surface area contributed by atoms with Gasteiger partial charge in [0.25, 0.3) is 0 Å². The molecule has 0 radical (unpaired) electrons. The van der Waals surface area contributed by atoms with Gasteiger partial charge in [-0.25, -0.2) is 0 Å². The smallest absolute Gasteiger partial charge is 0.191 e. The Morgan fingerprint density at radius 2 is 1.88 bits per heavy atom. The number of aliphatic imine (C=N–C) groups is 1. The molecule has 0 unspecified atom stereocenters. The molecule has 1 heterocycles. The van der Waals surface area contributed by atoms with Crippen molar-refractivity contribution < 1.29 is 14.2 Å². The maximum Gasteiger partial charge on any atom is 0.191 e. The van der Waals surface area contributed by atoms with Crippen LogP contribution in [0.2, 0.25) is 0 Å². The van der Waals surface area contributed by atoms with E-state index in [0.717, 1.165) is 37.7 Å². The van der Waals surface area contributed by atoms with E-state index in [9.17, 15) is 0 Å². The quantitative estimate of drug-likeness (QED) is 0.185. The van der Waals surface area contributed by atoms with E-state index in [1.807, 2.05) is 19.1 Å². The van der Waals surface area contributed by atoms with Crippen molar-refractivity contribution in [1.82, 2.24) is 15.6 Å². The third-order valence-corrected chi connectivity index (χ3v) is 3.16. The second-order valence-electron chi connectivity index (χ2n) is 5.30. The molecule has 7 nitrogen and oxygen atoms in total. The normalized spacial score (nSPS) is 10.9. The molecule has 1 rings (SSSR count). The number of ether oxygens (including phenoxy) is 3. The molecule has 0 atom stereocenters. The van der Waals surface area contributed by atoms with Gasteiger partial charge in [-0.05, 0) is 25.5 Å². The van der Waals surface area contributed by atoms with Crippen LogP contribution in [0.1, 0.15) is 26.7 Å². The molecular weight excluding hydrogens is 447 g/mol. The van der Waals surface area contributed by atoms with E-state index >= 15 is 0 Å². The first-order chi connectivity index (χ1) is 12.4. The molecule has 0 fully saturated rings. The first-order valence-corrected chi connectivity index (χ1v) is 9.07. The van der Waals surface area contributed by atoms with Crippen LogP contribution in [0.3, 0.4) is 0 Å². The van der Waals surface area contributed by atoms with Gasteiger partial charge < -0.3 is 24.8 Å². The van der Waals surface area contributed by atoms with Crippen molar-refractivity contribution in [2.45, 2.75) is 26.7 Å². The van der Waals surface area contributed by atoms with E-state index in [2.05, 4.69) is 27.5 Å². The Hall–Kier alpha value is -1.13. The molecule has 0 aliphatic carbocycles. The van der Waals surface area contributed by atoms with Gasteiger partial charge in [0.1, 0.15) is 12.4 Å². The molecule has 26 heavy (non-hydrogen) atoms. The number of nitrogens with zero attached hydrogens (tertiary/aromatic N) is 2. The Morgan fingerprint density at radius 1 is 1.08 bits per heavy atom. The highest BCUT2D eigenvalue weighted by Crippen LogP contribution is 2.04. The van der Waals surface area contributed by atoms with E-state index in [1.165, 1.54) is 0 Å². The maximum atomic E-state index is 5.59.